The molecule has 142 valence electrons. The normalized spacial score (nSPS) is 12.5. The summed E-state index contributed by atoms with van der Waals surface area (Å²) in [4.78, 5) is 46.0. The van der Waals surface area contributed by atoms with Gasteiger partial charge in [-0.3, -0.25) is 14.4 Å². The van der Waals surface area contributed by atoms with Gasteiger partial charge in [-0.05, 0) is 18.9 Å². The molecular weight excluding hydrogens is 340 g/mol. The van der Waals surface area contributed by atoms with Crippen LogP contribution in [0.25, 0.3) is 0 Å². The number of carbonyl (C=O) groups is 4. The van der Waals surface area contributed by atoms with Crippen LogP contribution in [0.5, 0.6) is 0 Å². The van der Waals surface area contributed by atoms with Gasteiger partial charge >= 0.3 is 11.9 Å². The Hall–Kier alpha value is -2.90. The van der Waals surface area contributed by atoms with Crippen molar-refractivity contribution in [2.75, 3.05) is 7.11 Å². The number of esters is 1. The standard InChI is InChI=1S/C18H24N2O6/c1-12(13-6-4-3-5-7-13)19-15(21)9-10-16(22)20-14(18(24)25)8-11-17(23)26-2/h3-7,12,14H,8-11H2,1-2H3,(H,19,21)(H,20,22)(H,24,25)/t12-,14+/m1/s1. The Morgan fingerprint density at radius 2 is 1.58 bits per heavy atom. The van der Waals surface area contributed by atoms with Gasteiger partial charge in [-0.2, -0.15) is 0 Å². The van der Waals surface area contributed by atoms with Crippen molar-refractivity contribution >= 4 is 23.8 Å². The van der Waals surface area contributed by atoms with Crippen LogP contribution in [-0.4, -0.2) is 42.0 Å². The van der Waals surface area contributed by atoms with Crippen LogP contribution in [0.4, 0.5) is 0 Å². The van der Waals surface area contributed by atoms with E-state index in [-0.39, 0.29) is 37.6 Å². The molecule has 8 heteroatoms. The summed E-state index contributed by atoms with van der Waals surface area (Å²) in [5, 5.41) is 14.2. The van der Waals surface area contributed by atoms with Crippen molar-refractivity contribution in [2.45, 2.75) is 44.7 Å². The van der Waals surface area contributed by atoms with E-state index >= 15 is 0 Å². The molecule has 0 saturated heterocycles. The van der Waals surface area contributed by atoms with Crippen molar-refractivity contribution < 1.29 is 29.0 Å². The van der Waals surface area contributed by atoms with Crippen molar-refractivity contribution in [3.63, 3.8) is 0 Å². The first kappa shape index (κ1) is 21.1. The lowest BCUT2D eigenvalue weighted by Crippen LogP contribution is -2.41. The molecule has 0 fully saturated rings. The summed E-state index contributed by atoms with van der Waals surface area (Å²) >= 11 is 0. The van der Waals surface area contributed by atoms with Gasteiger partial charge in [0, 0.05) is 19.3 Å². The molecule has 0 heterocycles. The lowest BCUT2D eigenvalue weighted by atomic mass is 10.1. The average Bonchev–Trinajstić information content (AvgIpc) is 2.63. The smallest absolute Gasteiger partial charge is 0.326 e. The summed E-state index contributed by atoms with van der Waals surface area (Å²) in [6.45, 7) is 1.83. The van der Waals surface area contributed by atoms with Crippen molar-refractivity contribution in [1.29, 1.82) is 0 Å². The second-order valence-corrected chi connectivity index (χ2v) is 5.77. The fourth-order valence-corrected chi connectivity index (χ4v) is 2.25. The number of amides is 2. The molecule has 0 aliphatic rings. The molecule has 2 atom stereocenters. The van der Waals surface area contributed by atoms with E-state index < -0.39 is 23.9 Å². The Bertz CT molecular complexity index is 632. The zero-order valence-electron chi connectivity index (χ0n) is 14.9. The SMILES string of the molecule is COC(=O)CC[C@H](NC(=O)CCC(=O)N[C@H](C)c1ccccc1)C(=O)O. The van der Waals surface area contributed by atoms with E-state index in [1.807, 2.05) is 37.3 Å². The van der Waals surface area contributed by atoms with Crippen molar-refractivity contribution in [3.05, 3.63) is 35.9 Å². The maximum Gasteiger partial charge on any atom is 0.326 e. The summed E-state index contributed by atoms with van der Waals surface area (Å²) in [6, 6.07) is 7.98. The number of aliphatic carboxylic acids is 1. The largest absolute Gasteiger partial charge is 0.480 e. The molecule has 0 aliphatic carbocycles. The number of carbonyl (C=O) groups excluding carboxylic acids is 3. The van der Waals surface area contributed by atoms with E-state index in [1.165, 1.54) is 7.11 Å². The van der Waals surface area contributed by atoms with E-state index in [4.69, 9.17) is 5.11 Å². The lowest BCUT2D eigenvalue weighted by Gasteiger charge is -2.15. The highest BCUT2D eigenvalue weighted by atomic mass is 16.5. The Morgan fingerprint density at radius 1 is 1.00 bits per heavy atom. The van der Waals surface area contributed by atoms with Gasteiger partial charge in [0.1, 0.15) is 6.04 Å². The Morgan fingerprint density at radius 3 is 2.12 bits per heavy atom. The molecule has 1 aromatic carbocycles. The molecule has 3 N–H and O–H groups in total. The van der Waals surface area contributed by atoms with Gasteiger partial charge in [0.05, 0.1) is 13.2 Å². The van der Waals surface area contributed by atoms with Crippen LogP contribution >= 0.6 is 0 Å². The van der Waals surface area contributed by atoms with E-state index in [0.29, 0.717) is 0 Å². The number of ether oxygens (including phenoxy) is 1. The molecule has 0 aromatic heterocycles. The van der Waals surface area contributed by atoms with Gasteiger partial charge in [0.15, 0.2) is 0 Å². The fourth-order valence-electron chi connectivity index (χ4n) is 2.25. The van der Waals surface area contributed by atoms with Gasteiger partial charge in [0.2, 0.25) is 11.8 Å². The first-order valence-corrected chi connectivity index (χ1v) is 8.26. The summed E-state index contributed by atoms with van der Waals surface area (Å²) < 4.78 is 4.44. The van der Waals surface area contributed by atoms with Gasteiger partial charge in [-0.1, -0.05) is 30.3 Å². The minimum absolute atomic E-state index is 0.0631. The maximum atomic E-state index is 11.9. The zero-order chi connectivity index (χ0) is 19.5. The highest BCUT2D eigenvalue weighted by molar-refractivity contribution is 5.87. The van der Waals surface area contributed by atoms with E-state index in [9.17, 15) is 19.2 Å². The molecule has 0 aliphatic heterocycles. The fraction of sp³-hybridized carbons (Fsp3) is 0.444. The predicted octanol–water partition coefficient (Wildman–Crippen LogP) is 1.17. The number of hydrogen-bond acceptors (Lipinski definition) is 5. The van der Waals surface area contributed by atoms with Gasteiger partial charge in [-0.25, -0.2) is 4.79 Å². The molecule has 0 radical (unpaired) electrons. The van der Waals surface area contributed by atoms with Gasteiger partial charge in [0.25, 0.3) is 0 Å². The number of methoxy groups -OCH3 is 1. The van der Waals surface area contributed by atoms with Crippen LogP contribution in [0, 0.1) is 0 Å². The summed E-state index contributed by atoms with van der Waals surface area (Å²) in [5.41, 5.74) is 0.944. The summed E-state index contributed by atoms with van der Waals surface area (Å²) in [6.07, 6.45) is -0.407. The minimum Gasteiger partial charge on any atom is -0.480 e. The second kappa shape index (κ2) is 10.9. The van der Waals surface area contributed by atoms with Crippen LogP contribution in [0.3, 0.4) is 0 Å². The van der Waals surface area contributed by atoms with Crippen LogP contribution in [0.15, 0.2) is 30.3 Å². The maximum absolute atomic E-state index is 11.9. The number of nitrogens with one attached hydrogen (secondary N) is 2. The van der Waals surface area contributed by atoms with Gasteiger partial charge < -0.3 is 20.5 Å². The van der Waals surface area contributed by atoms with Crippen LogP contribution < -0.4 is 10.6 Å². The monoisotopic (exact) mass is 364 g/mol. The average molecular weight is 364 g/mol. The Labute approximate surface area is 151 Å². The van der Waals surface area contributed by atoms with Crippen molar-refractivity contribution in [1.82, 2.24) is 10.6 Å². The highest BCUT2D eigenvalue weighted by Gasteiger charge is 2.21. The summed E-state index contributed by atoms with van der Waals surface area (Å²) in [7, 11) is 1.20. The lowest BCUT2D eigenvalue weighted by molar-refractivity contribution is -0.144. The Balaban J connectivity index is 2.40. The molecule has 1 aromatic rings. The third-order valence-corrected chi connectivity index (χ3v) is 3.75. The third-order valence-electron chi connectivity index (χ3n) is 3.75. The first-order chi connectivity index (χ1) is 12.3. The number of rotatable bonds is 10. The van der Waals surface area contributed by atoms with Crippen molar-refractivity contribution in [2.24, 2.45) is 0 Å². The number of hydrogen-bond donors (Lipinski definition) is 3. The number of carboxylic acid groups (broad SMARTS) is 1. The van der Waals surface area contributed by atoms with Crippen LogP contribution in [0.1, 0.15) is 44.2 Å². The van der Waals surface area contributed by atoms with E-state index in [2.05, 4.69) is 15.4 Å². The molecule has 1 rings (SSSR count). The minimum atomic E-state index is -1.25. The number of carboxylic acids is 1. The predicted molar refractivity (Wildman–Crippen MR) is 93.1 cm³/mol. The molecule has 8 nitrogen and oxygen atoms in total. The highest BCUT2D eigenvalue weighted by Crippen LogP contribution is 2.11. The molecule has 0 saturated carbocycles. The molecule has 2 amide bonds. The quantitative estimate of drug-likeness (QED) is 0.536. The molecule has 26 heavy (non-hydrogen) atoms. The Kier molecular flexibility index (Phi) is 8.83. The van der Waals surface area contributed by atoms with Gasteiger partial charge in [-0.15, -0.1) is 0 Å². The third kappa shape index (κ3) is 7.78. The topological polar surface area (TPSA) is 122 Å². The molecule has 0 bridgehead atoms. The van der Waals surface area contributed by atoms with Crippen LogP contribution in [-0.2, 0) is 23.9 Å². The second-order valence-electron chi connectivity index (χ2n) is 5.77. The van der Waals surface area contributed by atoms with Crippen molar-refractivity contribution in [3.8, 4) is 0 Å². The molecule has 0 spiro atoms. The van der Waals surface area contributed by atoms with E-state index in [1.54, 1.807) is 0 Å². The summed E-state index contributed by atoms with van der Waals surface area (Å²) in [5.74, 6) is -2.67. The number of benzene rings is 1. The molecular formula is C18H24N2O6. The zero-order valence-corrected chi connectivity index (χ0v) is 14.9. The molecule has 0 unspecified atom stereocenters. The van der Waals surface area contributed by atoms with Crippen LogP contribution in [0.2, 0.25) is 0 Å². The van der Waals surface area contributed by atoms with E-state index in [0.717, 1.165) is 5.56 Å². The first-order valence-electron chi connectivity index (χ1n) is 8.26.